The predicted molar refractivity (Wildman–Crippen MR) is 143 cm³/mol. The maximum atomic E-state index is 13.0. The summed E-state index contributed by atoms with van der Waals surface area (Å²) >= 11 is 12.2. The van der Waals surface area contributed by atoms with E-state index in [1.807, 2.05) is 18.2 Å². The summed E-state index contributed by atoms with van der Waals surface area (Å²) in [5.41, 5.74) is 4.98. The van der Waals surface area contributed by atoms with Crippen LogP contribution < -0.4 is 9.62 Å². The van der Waals surface area contributed by atoms with Gasteiger partial charge in [0.25, 0.3) is 5.91 Å². The standard InChI is InChI=1S/C27H22Cl2N2O3S/c1-35(33,34)31(23-14-21(28)13-22(29)15-23)16-17-5-7-20(8-6-17)27(32)30-25-12-11-19-10-9-18-3-2-4-24(25)26(18)19/h2-8,11-15H,9-10,16H2,1H3,(H,30,32). The molecule has 8 heteroatoms. The number of aryl methyl sites for hydroxylation is 2. The van der Waals surface area contributed by atoms with Crippen molar-refractivity contribution < 1.29 is 13.2 Å². The third-order valence-electron chi connectivity index (χ3n) is 6.20. The molecule has 0 bridgehead atoms. The lowest BCUT2D eigenvalue weighted by molar-refractivity contribution is 0.102. The topological polar surface area (TPSA) is 66.5 Å². The molecule has 35 heavy (non-hydrogen) atoms. The molecule has 0 fully saturated rings. The first-order valence-electron chi connectivity index (χ1n) is 11.1. The summed E-state index contributed by atoms with van der Waals surface area (Å²) in [4.78, 5) is 13.0. The van der Waals surface area contributed by atoms with E-state index in [1.165, 1.54) is 20.8 Å². The van der Waals surface area contributed by atoms with Crippen LogP contribution in [0.3, 0.4) is 0 Å². The molecule has 0 aromatic heterocycles. The van der Waals surface area contributed by atoms with E-state index in [9.17, 15) is 13.2 Å². The number of hydrogen-bond acceptors (Lipinski definition) is 3. The third kappa shape index (κ3) is 4.87. The molecule has 0 radical (unpaired) electrons. The van der Waals surface area contributed by atoms with Crippen LogP contribution >= 0.6 is 23.2 Å². The Morgan fingerprint density at radius 3 is 2.23 bits per heavy atom. The zero-order valence-corrected chi connectivity index (χ0v) is 21.2. The summed E-state index contributed by atoms with van der Waals surface area (Å²) in [5, 5.41) is 6.01. The molecule has 4 aromatic carbocycles. The normalized spacial score (nSPS) is 12.7. The Morgan fingerprint density at radius 1 is 0.914 bits per heavy atom. The number of nitrogens with one attached hydrogen (secondary N) is 1. The van der Waals surface area contributed by atoms with Gasteiger partial charge in [0.1, 0.15) is 0 Å². The number of carbonyl (C=O) groups excluding carboxylic acids is 1. The molecule has 0 heterocycles. The van der Waals surface area contributed by atoms with E-state index < -0.39 is 10.0 Å². The fraction of sp³-hybridized carbons (Fsp3) is 0.148. The second-order valence-corrected chi connectivity index (χ2v) is 11.4. The fourth-order valence-electron chi connectivity index (χ4n) is 4.56. The number of benzene rings is 4. The number of carbonyl (C=O) groups is 1. The molecule has 0 spiro atoms. The number of sulfonamides is 1. The van der Waals surface area contributed by atoms with E-state index in [0.717, 1.165) is 30.2 Å². The van der Waals surface area contributed by atoms with E-state index in [4.69, 9.17) is 23.2 Å². The molecule has 0 saturated heterocycles. The third-order valence-corrected chi connectivity index (χ3v) is 7.78. The van der Waals surface area contributed by atoms with Gasteiger partial charge in [-0.1, -0.05) is 59.6 Å². The molecule has 0 atom stereocenters. The Kier molecular flexibility index (Phi) is 6.21. The highest BCUT2D eigenvalue weighted by atomic mass is 35.5. The van der Waals surface area contributed by atoms with Crippen molar-refractivity contribution in [1.29, 1.82) is 0 Å². The summed E-state index contributed by atoms with van der Waals surface area (Å²) < 4.78 is 26.2. The van der Waals surface area contributed by atoms with Crippen LogP contribution in [0.5, 0.6) is 0 Å². The van der Waals surface area contributed by atoms with Crippen molar-refractivity contribution >= 4 is 61.3 Å². The fourth-order valence-corrected chi connectivity index (χ4v) is 5.95. The van der Waals surface area contributed by atoms with Gasteiger partial charge in [-0.2, -0.15) is 0 Å². The minimum atomic E-state index is -3.60. The van der Waals surface area contributed by atoms with Crippen molar-refractivity contribution in [2.45, 2.75) is 19.4 Å². The Labute approximate surface area is 214 Å². The van der Waals surface area contributed by atoms with E-state index in [2.05, 4.69) is 17.4 Å². The SMILES string of the molecule is CS(=O)(=O)N(Cc1ccc(C(=O)Nc2ccc3c4c(cccc24)CC3)cc1)c1cc(Cl)cc(Cl)c1. The molecule has 1 amide bonds. The zero-order valence-electron chi connectivity index (χ0n) is 18.9. The monoisotopic (exact) mass is 524 g/mol. The van der Waals surface area contributed by atoms with Crippen LogP contribution in [-0.4, -0.2) is 20.6 Å². The van der Waals surface area contributed by atoms with Crippen LogP contribution in [0.25, 0.3) is 10.8 Å². The largest absolute Gasteiger partial charge is 0.321 e. The smallest absolute Gasteiger partial charge is 0.255 e. The first kappa shape index (κ1) is 23.7. The number of rotatable bonds is 6. The average Bonchev–Trinajstić information content (AvgIpc) is 3.23. The second kappa shape index (κ2) is 9.19. The lowest BCUT2D eigenvalue weighted by Crippen LogP contribution is -2.29. The zero-order chi connectivity index (χ0) is 24.7. The quantitative estimate of drug-likeness (QED) is 0.314. The van der Waals surface area contributed by atoms with Crippen molar-refractivity contribution in [2.75, 3.05) is 15.9 Å². The summed E-state index contributed by atoms with van der Waals surface area (Å²) in [6.07, 6.45) is 3.18. The molecule has 0 unspecified atom stereocenters. The average molecular weight is 525 g/mol. The van der Waals surface area contributed by atoms with E-state index in [-0.39, 0.29) is 12.5 Å². The molecular weight excluding hydrogens is 503 g/mol. The maximum absolute atomic E-state index is 13.0. The Morgan fingerprint density at radius 2 is 1.57 bits per heavy atom. The number of amides is 1. The molecule has 1 N–H and O–H groups in total. The Bertz CT molecular complexity index is 1540. The summed E-state index contributed by atoms with van der Waals surface area (Å²) in [6.45, 7) is 0.0757. The van der Waals surface area contributed by atoms with E-state index in [1.54, 1.807) is 42.5 Å². The molecule has 4 aromatic rings. The molecule has 0 aliphatic heterocycles. The van der Waals surface area contributed by atoms with Crippen molar-refractivity contribution in [1.82, 2.24) is 0 Å². The second-order valence-electron chi connectivity index (χ2n) is 8.66. The summed E-state index contributed by atoms with van der Waals surface area (Å²) in [6, 6.07) is 21.8. The van der Waals surface area contributed by atoms with Crippen LogP contribution in [-0.2, 0) is 29.4 Å². The minimum absolute atomic E-state index is 0.0757. The van der Waals surface area contributed by atoms with Gasteiger partial charge in [0, 0.05) is 26.7 Å². The Hall–Kier alpha value is -3.06. The van der Waals surface area contributed by atoms with Crippen molar-refractivity contribution in [3.05, 3.63) is 105 Å². The molecule has 5 nitrogen and oxygen atoms in total. The van der Waals surface area contributed by atoms with Crippen molar-refractivity contribution in [3.8, 4) is 0 Å². The minimum Gasteiger partial charge on any atom is -0.321 e. The van der Waals surface area contributed by atoms with Crippen LogP contribution in [0, 0.1) is 0 Å². The van der Waals surface area contributed by atoms with Gasteiger partial charge in [0.2, 0.25) is 10.0 Å². The molecule has 0 saturated carbocycles. The van der Waals surface area contributed by atoms with Crippen molar-refractivity contribution in [3.63, 3.8) is 0 Å². The molecule has 1 aliphatic rings. The predicted octanol–water partition coefficient (Wildman–Crippen LogP) is 6.46. The van der Waals surface area contributed by atoms with Gasteiger partial charge < -0.3 is 5.32 Å². The van der Waals surface area contributed by atoms with Gasteiger partial charge in [0.15, 0.2) is 0 Å². The lowest BCUT2D eigenvalue weighted by Gasteiger charge is -2.23. The highest BCUT2D eigenvalue weighted by Crippen LogP contribution is 2.35. The first-order valence-corrected chi connectivity index (χ1v) is 13.7. The highest BCUT2D eigenvalue weighted by molar-refractivity contribution is 7.92. The molecule has 178 valence electrons. The number of anilines is 2. The van der Waals surface area contributed by atoms with E-state index >= 15 is 0 Å². The number of hydrogen-bond donors (Lipinski definition) is 1. The Balaban J connectivity index is 1.37. The highest BCUT2D eigenvalue weighted by Gasteiger charge is 2.20. The van der Waals surface area contributed by atoms with Gasteiger partial charge in [-0.3, -0.25) is 9.10 Å². The van der Waals surface area contributed by atoms with Gasteiger partial charge in [0.05, 0.1) is 18.5 Å². The van der Waals surface area contributed by atoms with Gasteiger partial charge in [-0.15, -0.1) is 0 Å². The van der Waals surface area contributed by atoms with Gasteiger partial charge >= 0.3 is 0 Å². The summed E-state index contributed by atoms with van der Waals surface area (Å²) in [7, 11) is -3.60. The molecule has 5 rings (SSSR count). The lowest BCUT2D eigenvalue weighted by atomic mass is 10.0. The van der Waals surface area contributed by atoms with Gasteiger partial charge in [-0.05, 0) is 71.3 Å². The first-order chi connectivity index (χ1) is 16.7. The van der Waals surface area contributed by atoms with E-state index in [0.29, 0.717) is 26.9 Å². The number of halogens is 2. The maximum Gasteiger partial charge on any atom is 0.255 e. The van der Waals surface area contributed by atoms with Crippen molar-refractivity contribution in [2.24, 2.45) is 0 Å². The molecule has 1 aliphatic carbocycles. The summed E-state index contributed by atoms with van der Waals surface area (Å²) in [5.74, 6) is -0.225. The van der Waals surface area contributed by atoms with Gasteiger partial charge in [-0.25, -0.2) is 8.42 Å². The van der Waals surface area contributed by atoms with Crippen LogP contribution in [0.2, 0.25) is 10.0 Å². The van der Waals surface area contributed by atoms with Crippen LogP contribution in [0.4, 0.5) is 11.4 Å². The van der Waals surface area contributed by atoms with Crippen LogP contribution in [0.1, 0.15) is 27.0 Å². The van der Waals surface area contributed by atoms with Crippen LogP contribution in [0.15, 0.2) is 72.8 Å². The number of nitrogens with zero attached hydrogens (tertiary/aromatic N) is 1. The molecular formula is C27H22Cl2N2O3S.